The molecule has 1 aromatic heterocycles. The predicted octanol–water partition coefficient (Wildman–Crippen LogP) is 5.23. The average molecular weight is 324 g/mol. The Bertz CT molecular complexity index is 651. The van der Waals surface area contributed by atoms with E-state index in [1.54, 1.807) is 7.11 Å². The van der Waals surface area contributed by atoms with Gasteiger partial charge in [0.1, 0.15) is 5.75 Å². The molecule has 3 nitrogen and oxygen atoms in total. The molecule has 0 radical (unpaired) electrons. The lowest BCUT2D eigenvalue weighted by Crippen LogP contribution is -2.16. The van der Waals surface area contributed by atoms with Crippen LogP contribution in [0, 0.1) is 5.92 Å². The van der Waals surface area contributed by atoms with Crippen LogP contribution in [0.25, 0.3) is 11.4 Å². The second kappa shape index (κ2) is 8.27. The normalized spacial score (nSPS) is 16.7. The zero-order valence-electron chi connectivity index (χ0n) is 14.9. The number of unbranched alkanes of at least 4 members (excludes halogenated alkanes) is 3. The smallest absolute Gasteiger partial charge is 0.159 e. The Kier molecular flexibility index (Phi) is 5.84. The number of ether oxygens (including phenoxy) is 1. The van der Waals surface area contributed by atoms with Crippen LogP contribution in [0.4, 0.5) is 0 Å². The van der Waals surface area contributed by atoms with Crippen LogP contribution in [0.2, 0.25) is 0 Å². The standard InChI is InChI=1S/C21H28N2O/c1-3-4-5-6-7-16-8-13-20-18(14-16)15-22-21(23-20)17-9-11-19(24-2)12-10-17/h9-12,15-16H,3-8,13-14H2,1-2H3. The van der Waals surface area contributed by atoms with Gasteiger partial charge in [-0.1, -0.05) is 39.0 Å². The maximum atomic E-state index is 5.21. The van der Waals surface area contributed by atoms with E-state index in [0.29, 0.717) is 0 Å². The molecule has 1 unspecified atom stereocenters. The first kappa shape index (κ1) is 16.9. The van der Waals surface area contributed by atoms with Crippen molar-refractivity contribution in [3.63, 3.8) is 0 Å². The number of rotatable bonds is 7. The number of hydrogen-bond donors (Lipinski definition) is 0. The lowest BCUT2D eigenvalue weighted by Gasteiger charge is -2.24. The van der Waals surface area contributed by atoms with Gasteiger partial charge in [0.25, 0.3) is 0 Å². The van der Waals surface area contributed by atoms with Gasteiger partial charge in [0.15, 0.2) is 5.82 Å². The molecule has 0 fully saturated rings. The summed E-state index contributed by atoms with van der Waals surface area (Å²) in [5, 5.41) is 0. The summed E-state index contributed by atoms with van der Waals surface area (Å²) in [6.45, 7) is 2.27. The molecule has 0 bridgehead atoms. The highest BCUT2D eigenvalue weighted by Gasteiger charge is 2.20. The highest BCUT2D eigenvalue weighted by molar-refractivity contribution is 5.56. The third-order valence-electron chi connectivity index (χ3n) is 5.07. The maximum Gasteiger partial charge on any atom is 0.159 e. The fourth-order valence-electron chi connectivity index (χ4n) is 3.57. The first-order chi connectivity index (χ1) is 11.8. The van der Waals surface area contributed by atoms with E-state index in [0.717, 1.165) is 35.9 Å². The molecule has 24 heavy (non-hydrogen) atoms. The first-order valence-electron chi connectivity index (χ1n) is 9.29. The number of fused-ring (bicyclic) bond motifs is 1. The second-order valence-corrected chi connectivity index (χ2v) is 6.85. The molecule has 1 atom stereocenters. The van der Waals surface area contributed by atoms with Crippen LogP contribution in [0.1, 0.15) is 56.7 Å². The Morgan fingerprint density at radius 3 is 2.71 bits per heavy atom. The van der Waals surface area contributed by atoms with Crippen LogP contribution < -0.4 is 4.74 Å². The van der Waals surface area contributed by atoms with Gasteiger partial charge >= 0.3 is 0 Å². The Labute approximate surface area is 145 Å². The summed E-state index contributed by atoms with van der Waals surface area (Å²) in [6, 6.07) is 7.98. The summed E-state index contributed by atoms with van der Waals surface area (Å²) < 4.78 is 5.21. The number of nitrogens with zero attached hydrogens (tertiary/aromatic N) is 2. The first-order valence-corrected chi connectivity index (χ1v) is 9.29. The molecule has 0 saturated carbocycles. The van der Waals surface area contributed by atoms with Crippen LogP contribution in [0.5, 0.6) is 5.75 Å². The summed E-state index contributed by atoms with van der Waals surface area (Å²) in [6.07, 6.45) is 12.4. The van der Waals surface area contributed by atoms with E-state index in [9.17, 15) is 0 Å². The summed E-state index contributed by atoms with van der Waals surface area (Å²) in [7, 11) is 1.68. The van der Waals surface area contributed by atoms with Gasteiger partial charge < -0.3 is 4.74 Å². The molecule has 3 heteroatoms. The Hall–Kier alpha value is -1.90. The van der Waals surface area contributed by atoms with Crippen LogP contribution in [-0.2, 0) is 12.8 Å². The highest BCUT2D eigenvalue weighted by atomic mass is 16.5. The van der Waals surface area contributed by atoms with Crippen molar-refractivity contribution in [2.24, 2.45) is 5.92 Å². The van der Waals surface area contributed by atoms with Crippen molar-refractivity contribution in [3.8, 4) is 17.1 Å². The molecule has 1 aliphatic rings. The van der Waals surface area contributed by atoms with Crippen LogP contribution >= 0.6 is 0 Å². The molecule has 0 amide bonds. The fourth-order valence-corrected chi connectivity index (χ4v) is 3.57. The number of hydrogen-bond acceptors (Lipinski definition) is 3. The van der Waals surface area contributed by atoms with E-state index in [2.05, 4.69) is 18.1 Å². The predicted molar refractivity (Wildman–Crippen MR) is 98.3 cm³/mol. The quantitative estimate of drug-likeness (QED) is 0.654. The van der Waals surface area contributed by atoms with Crippen molar-refractivity contribution in [2.45, 2.75) is 58.3 Å². The molecule has 3 rings (SSSR count). The van der Waals surface area contributed by atoms with Crippen molar-refractivity contribution in [1.82, 2.24) is 9.97 Å². The molecule has 0 aliphatic heterocycles. The molecule has 1 heterocycles. The minimum Gasteiger partial charge on any atom is -0.497 e. The van der Waals surface area contributed by atoms with Gasteiger partial charge in [-0.15, -0.1) is 0 Å². The summed E-state index contributed by atoms with van der Waals surface area (Å²) >= 11 is 0. The fraction of sp³-hybridized carbons (Fsp3) is 0.524. The third kappa shape index (κ3) is 4.14. The van der Waals surface area contributed by atoms with Crippen molar-refractivity contribution in [1.29, 1.82) is 0 Å². The van der Waals surface area contributed by atoms with E-state index in [1.807, 2.05) is 24.3 Å². The molecule has 1 aliphatic carbocycles. The third-order valence-corrected chi connectivity index (χ3v) is 5.07. The number of aryl methyl sites for hydroxylation is 1. The topological polar surface area (TPSA) is 35.0 Å². The molecule has 0 saturated heterocycles. The van der Waals surface area contributed by atoms with Crippen molar-refractivity contribution in [2.75, 3.05) is 7.11 Å². The minimum atomic E-state index is 0.824. The average Bonchev–Trinajstić information content (AvgIpc) is 2.65. The van der Waals surface area contributed by atoms with Gasteiger partial charge in [-0.2, -0.15) is 0 Å². The van der Waals surface area contributed by atoms with Gasteiger partial charge in [-0.25, -0.2) is 9.97 Å². The minimum absolute atomic E-state index is 0.824. The largest absolute Gasteiger partial charge is 0.497 e. The van der Waals surface area contributed by atoms with Crippen molar-refractivity contribution >= 4 is 0 Å². The molecule has 0 N–H and O–H groups in total. The zero-order chi connectivity index (χ0) is 16.8. The second-order valence-electron chi connectivity index (χ2n) is 6.85. The Morgan fingerprint density at radius 1 is 1.12 bits per heavy atom. The molecule has 2 aromatic rings. The highest BCUT2D eigenvalue weighted by Crippen LogP contribution is 2.29. The van der Waals surface area contributed by atoms with Gasteiger partial charge in [0.2, 0.25) is 0 Å². The number of methoxy groups -OCH3 is 1. The van der Waals surface area contributed by atoms with E-state index in [1.165, 1.54) is 49.8 Å². The lowest BCUT2D eigenvalue weighted by atomic mass is 9.84. The van der Waals surface area contributed by atoms with E-state index in [-0.39, 0.29) is 0 Å². The van der Waals surface area contributed by atoms with Gasteiger partial charge in [-0.05, 0) is 55.0 Å². The summed E-state index contributed by atoms with van der Waals surface area (Å²) in [5.74, 6) is 2.52. The molecule has 1 aromatic carbocycles. The lowest BCUT2D eigenvalue weighted by molar-refractivity contribution is 0.401. The van der Waals surface area contributed by atoms with E-state index < -0.39 is 0 Å². The monoisotopic (exact) mass is 324 g/mol. The zero-order valence-corrected chi connectivity index (χ0v) is 14.9. The Balaban J connectivity index is 1.65. The number of benzene rings is 1. The molecule has 128 valence electrons. The van der Waals surface area contributed by atoms with Crippen LogP contribution in [0.3, 0.4) is 0 Å². The Morgan fingerprint density at radius 2 is 1.96 bits per heavy atom. The SMILES string of the molecule is CCCCCCC1CCc2nc(-c3ccc(OC)cc3)ncc2C1. The summed E-state index contributed by atoms with van der Waals surface area (Å²) in [4.78, 5) is 9.44. The van der Waals surface area contributed by atoms with Crippen LogP contribution in [0.15, 0.2) is 30.5 Å². The van der Waals surface area contributed by atoms with E-state index in [4.69, 9.17) is 9.72 Å². The van der Waals surface area contributed by atoms with Crippen LogP contribution in [-0.4, -0.2) is 17.1 Å². The maximum absolute atomic E-state index is 5.21. The van der Waals surface area contributed by atoms with Gasteiger partial charge in [0, 0.05) is 17.5 Å². The molecular formula is C21H28N2O. The number of aromatic nitrogens is 2. The van der Waals surface area contributed by atoms with Gasteiger partial charge in [0.05, 0.1) is 7.11 Å². The van der Waals surface area contributed by atoms with Crippen molar-refractivity contribution < 1.29 is 4.74 Å². The van der Waals surface area contributed by atoms with Gasteiger partial charge in [-0.3, -0.25) is 0 Å². The summed E-state index contributed by atoms with van der Waals surface area (Å²) in [5.41, 5.74) is 3.67. The van der Waals surface area contributed by atoms with E-state index >= 15 is 0 Å². The molecule has 0 spiro atoms. The van der Waals surface area contributed by atoms with Crippen molar-refractivity contribution in [3.05, 3.63) is 41.7 Å². The molecular weight excluding hydrogens is 296 g/mol.